The highest BCUT2D eigenvalue weighted by atomic mass is 16.4. The zero-order valence-electron chi connectivity index (χ0n) is 8.91. The quantitative estimate of drug-likeness (QED) is 0.611. The Morgan fingerprint density at radius 2 is 2.19 bits per heavy atom. The van der Waals surface area contributed by atoms with E-state index in [1.165, 1.54) is 19.4 Å². The normalized spacial score (nSPS) is 14.2. The van der Waals surface area contributed by atoms with Crippen LogP contribution in [-0.4, -0.2) is 43.8 Å². The van der Waals surface area contributed by atoms with Gasteiger partial charge < -0.3 is 20.1 Å². The molecule has 2 unspecified atom stereocenters. The van der Waals surface area contributed by atoms with Gasteiger partial charge in [-0.2, -0.15) is 0 Å². The Bertz CT molecular complexity index is 399. The highest BCUT2D eigenvalue weighted by molar-refractivity contribution is 5.94. The van der Waals surface area contributed by atoms with Gasteiger partial charge in [0.2, 0.25) is 0 Å². The maximum absolute atomic E-state index is 11.5. The summed E-state index contributed by atoms with van der Waals surface area (Å²) >= 11 is 0. The van der Waals surface area contributed by atoms with Crippen molar-refractivity contribution < 1.29 is 19.8 Å². The monoisotopic (exact) mass is 227 g/mol. The first kappa shape index (κ1) is 12.2. The SMILES string of the molecule is CC(O)C(NC(=O)c1cn(C)cn1)C(=O)O. The van der Waals surface area contributed by atoms with Crippen LogP contribution in [0.3, 0.4) is 0 Å². The molecule has 1 heterocycles. The molecule has 1 amide bonds. The number of imidazole rings is 1. The van der Waals surface area contributed by atoms with Gasteiger partial charge in [0.1, 0.15) is 5.69 Å². The van der Waals surface area contributed by atoms with E-state index < -0.39 is 24.0 Å². The molecule has 16 heavy (non-hydrogen) atoms. The lowest BCUT2D eigenvalue weighted by atomic mass is 10.2. The van der Waals surface area contributed by atoms with Crippen LogP contribution in [0.2, 0.25) is 0 Å². The molecule has 7 heteroatoms. The Morgan fingerprint density at radius 3 is 2.56 bits per heavy atom. The highest BCUT2D eigenvalue weighted by Gasteiger charge is 2.25. The van der Waals surface area contributed by atoms with Crippen LogP contribution in [0.15, 0.2) is 12.5 Å². The smallest absolute Gasteiger partial charge is 0.328 e. The predicted octanol–water partition coefficient (Wildman–Crippen LogP) is -1.02. The molecule has 0 bridgehead atoms. The molecule has 2 atom stereocenters. The van der Waals surface area contributed by atoms with Gasteiger partial charge in [0.25, 0.3) is 5.91 Å². The van der Waals surface area contributed by atoms with Crippen molar-refractivity contribution >= 4 is 11.9 Å². The van der Waals surface area contributed by atoms with E-state index in [4.69, 9.17) is 10.2 Å². The summed E-state index contributed by atoms with van der Waals surface area (Å²) in [6.45, 7) is 1.29. The molecule has 0 aromatic carbocycles. The Hall–Kier alpha value is -1.89. The second-order valence-electron chi connectivity index (χ2n) is 3.45. The minimum Gasteiger partial charge on any atom is -0.480 e. The molecular weight excluding hydrogens is 214 g/mol. The third-order valence-corrected chi connectivity index (χ3v) is 1.97. The van der Waals surface area contributed by atoms with Crippen LogP contribution in [-0.2, 0) is 11.8 Å². The molecule has 1 rings (SSSR count). The lowest BCUT2D eigenvalue weighted by Crippen LogP contribution is -2.47. The van der Waals surface area contributed by atoms with Crippen LogP contribution >= 0.6 is 0 Å². The first-order valence-electron chi connectivity index (χ1n) is 4.61. The molecular formula is C9H13N3O4. The predicted molar refractivity (Wildman–Crippen MR) is 53.8 cm³/mol. The van der Waals surface area contributed by atoms with E-state index in [1.807, 2.05) is 0 Å². The van der Waals surface area contributed by atoms with E-state index in [2.05, 4.69) is 10.3 Å². The van der Waals surface area contributed by atoms with Crippen molar-refractivity contribution in [1.29, 1.82) is 0 Å². The molecule has 0 radical (unpaired) electrons. The maximum atomic E-state index is 11.5. The maximum Gasteiger partial charge on any atom is 0.328 e. The lowest BCUT2D eigenvalue weighted by molar-refractivity contribution is -0.141. The molecule has 7 nitrogen and oxygen atoms in total. The number of aliphatic hydroxyl groups is 1. The molecule has 0 spiro atoms. The number of carbonyl (C=O) groups is 2. The Balaban J connectivity index is 2.73. The fourth-order valence-corrected chi connectivity index (χ4v) is 1.13. The van der Waals surface area contributed by atoms with Crippen molar-refractivity contribution in [3.63, 3.8) is 0 Å². The van der Waals surface area contributed by atoms with Crippen LogP contribution in [0, 0.1) is 0 Å². The van der Waals surface area contributed by atoms with E-state index in [1.54, 1.807) is 11.6 Å². The van der Waals surface area contributed by atoms with Gasteiger partial charge in [0.05, 0.1) is 12.4 Å². The summed E-state index contributed by atoms with van der Waals surface area (Å²) in [5.74, 6) is -1.92. The standard InChI is InChI=1S/C9H13N3O4/c1-5(13)7(9(15)16)11-8(14)6-3-12(2)4-10-6/h3-5,7,13H,1-2H3,(H,11,14)(H,15,16). The number of carboxylic acid groups (broad SMARTS) is 1. The van der Waals surface area contributed by atoms with Gasteiger partial charge in [-0.05, 0) is 6.92 Å². The van der Waals surface area contributed by atoms with Gasteiger partial charge in [-0.1, -0.05) is 0 Å². The molecule has 0 aliphatic rings. The minimum absolute atomic E-state index is 0.106. The number of aliphatic hydroxyl groups excluding tert-OH is 1. The number of amides is 1. The van der Waals surface area contributed by atoms with Crippen LogP contribution in [0.25, 0.3) is 0 Å². The number of hydrogen-bond acceptors (Lipinski definition) is 4. The summed E-state index contributed by atoms with van der Waals surface area (Å²) in [6.07, 6.45) is 1.70. The fourth-order valence-electron chi connectivity index (χ4n) is 1.13. The van der Waals surface area contributed by atoms with Crippen molar-refractivity contribution in [2.24, 2.45) is 7.05 Å². The molecule has 0 saturated heterocycles. The summed E-state index contributed by atoms with van der Waals surface area (Å²) in [6, 6.07) is -1.34. The summed E-state index contributed by atoms with van der Waals surface area (Å²) < 4.78 is 1.56. The average Bonchev–Trinajstić information content (AvgIpc) is 2.59. The number of rotatable bonds is 4. The number of aromatic nitrogens is 2. The van der Waals surface area contributed by atoms with Crippen molar-refractivity contribution in [1.82, 2.24) is 14.9 Å². The number of carboxylic acids is 1. The number of carbonyl (C=O) groups excluding carboxylic acids is 1. The summed E-state index contributed by atoms with van der Waals surface area (Å²) in [5, 5.41) is 20.1. The second-order valence-corrected chi connectivity index (χ2v) is 3.45. The van der Waals surface area contributed by atoms with E-state index in [0.29, 0.717) is 0 Å². The van der Waals surface area contributed by atoms with Gasteiger partial charge in [-0.3, -0.25) is 4.79 Å². The fraction of sp³-hybridized carbons (Fsp3) is 0.444. The van der Waals surface area contributed by atoms with Crippen molar-refractivity contribution in [3.8, 4) is 0 Å². The topological polar surface area (TPSA) is 104 Å². The largest absolute Gasteiger partial charge is 0.480 e. The second kappa shape index (κ2) is 4.75. The van der Waals surface area contributed by atoms with Gasteiger partial charge in [-0.25, -0.2) is 9.78 Å². The Morgan fingerprint density at radius 1 is 1.56 bits per heavy atom. The molecule has 0 saturated carbocycles. The summed E-state index contributed by atoms with van der Waals surface area (Å²) in [7, 11) is 1.69. The third kappa shape index (κ3) is 2.80. The van der Waals surface area contributed by atoms with E-state index >= 15 is 0 Å². The number of aliphatic carboxylic acids is 1. The van der Waals surface area contributed by atoms with Crippen LogP contribution in [0.4, 0.5) is 0 Å². The molecule has 0 aliphatic carbocycles. The van der Waals surface area contributed by atoms with Crippen molar-refractivity contribution in [3.05, 3.63) is 18.2 Å². The zero-order valence-corrected chi connectivity index (χ0v) is 8.91. The Kier molecular flexibility index (Phi) is 3.62. The van der Waals surface area contributed by atoms with E-state index in [0.717, 1.165) is 0 Å². The molecule has 0 aliphatic heterocycles. The molecule has 1 aromatic heterocycles. The summed E-state index contributed by atoms with van der Waals surface area (Å²) in [4.78, 5) is 26.0. The first-order valence-corrected chi connectivity index (χ1v) is 4.61. The number of nitrogens with zero attached hydrogens (tertiary/aromatic N) is 2. The van der Waals surface area contributed by atoms with Gasteiger partial charge in [0.15, 0.2) is 6.04 Å². The van der Waals surface area contributed by atoms with Gasteiger partial charge >= 0.3 is 5.97 Å². The van der Waals surface area contributed by atoms with Crippen molar-refractivity contribution in [2.45, 2.75) is 19.1 Å². The van der Waals surface area contributed by atoms with Crippen LogP contribution in [0.5, 0.6) is 0 Å². The third-order valence-electron chi connectivity index (χ3n) is 1.97. The molecule has 3 N–H and O–H groups in total. The minimum atomic E-state index is -1.34. The van der Waals surface area contributed by atoms with Crippen LogP contribution < -0.4 is 5.32 Å². The molecule has 0 fully saturated rings. The molecule has 1 aromatic rings. The van der Waals surface area contributed by atoms with E-state index in [-0.39, 0.29) is 5.69 Å². The van der Waals surface area contributed by atoms with Crippen molar-refractivity contribution in [2.75, 3.05) is 0 Å². The average molecular weight is 227 g/mol. The zero-order chi connectivity index (χ0) is 12.3. The number of nitrogens with one attached hydrogen (secondary N) is 1. The van der Waals surface area contributed by atoms with Crippen LogP contribution in [0.1, 0.15) is 17.4 Å². The number of aryl methyl sites for hydroxylation is 1. The number of hydrogen-bond donors (Lipinski definition) is 3. The highest BCUT2D eigenvalue weighted by Crippen LogP contribution is 1.98. The molecule has 88 valence electrons. The summed E-state index contributed by atoms with van der Waals surface area (Å²) in [5.41, 5.74) is 0.106. The first-order chi connectivity index (χ1) is 7.41. The Labute approximate surface area is 91.7 Å². The van der Waals surface area contributed by atoms with E-state index in [9.17, 15) is 9.59 Å². The van der Waals surface area contributed by atoms with Gasteiger partial charge in [0, 0.05) is 13.2 Å². The lowest BCUT2D eigenvalue weighted by Gasteiger charge is -2.15. The van der Waals surface area contributed by atoms with Gasteiger partial charge in [-0.15, -0.1) is 0 Å².